The molecule has 4 nitrogen and oxygen atoms in total. The SMILES string of the molecule is CN(Cc1ccccc1)C1CCC1.NC(=O)Nc1c2c(cc3c1CCC3)CCC2. The summed E-state index contributed by atoms with van der Waals surface area (Å²) in [6.45, 7) is 1.10. The summed E-state index contributed by atoms with van der Waals surface area (Å²) in [7, 11) is 2.23. The second kappa shape index (κ2) is 9.00. The van der Waals surface area contributed by atoms with Crippen LogP contribution in [-0.2, 0) is 32.2 Å². The average Bonchev–Trinajstić information content (AvgIpc) is 3.30. The van der Waals surface area contributed by atoms with E-state index in [1.54, 1.807) is 0 Å². The smallest absolute Gasteiger partial charge is 0.316 e. The molecule has 0 bridgehead atoms. The maximum atomic E-state index is 11.1. The van der Waals surface area contributed by atoms with Crippen LogP contribution < -0.4 is 11.1 Å². The third kappa shape index (κ3) is 4.64. The highest BCUT2D eigenvalue weighted by Gasteiger charge is 2.24. The van der Waals surface area contributed by atoms with Gasteiger partial charge in [0.05, 0.1) is 0 Å². The van der Waals surface area contributed by atoms with E-state index < -0.39 is 6.03 Å². The predicted molar refractivity (Wildman–Crippen MR) is 119 cm³/mol. The molecular weight excluding hydrogens is 358 g/mol. The van der Waals surface area contributed by atoms with Crippen molar-refractivity contribution in [2.75, 3.05) is 12.4 Å². The molecule has 0 atom stereocenters. The summed E-state index contributed by atoms with van der Waals surface area (Å²) in [5.41, 5.74) is 13.2. The molecule has 2 aromatic rings. The monoisotopic (exact) mass is 391 g/mol. The first kappa shape index (κ1) is 20.0. The molecule has 1 saturated carbocycles. The lowest BCUT2D eigenvalue weighted by Crippen LogP contribution is -2.36. The van der Waals surface area contributed by atoms with E-state index in [1.165, 1.54) is 59.9 Å². The second-order valence-corrected chi connectivity index (χ2v) is 8.71. The zero-order valence-corrected chi connectivity index (χ0v) is 17.5. The third-order valence-corrected chi connectivity index (χ3v) is 6.69. The van der Waals surface area contributed by atoms with E-state index in [0.29, 0.717) is 0 Å². The predicted octanol–water partition coefficient (Wildman–Crippen LogP) is 4.83. The minimum Gasteiger partial charge on any atom is -0.351 e. The number of urea groups is 1. The fraction of sp³-hybridized carbons (Fsp3) is 0.480. The lowest BCUT2D eigenvalue weighted by Gasteiger charge is -2.34. The van der Waals surface area contributed by atoms with Crippen LogP contribution in [0.5, 0.6) is 0 Å². The summed E-state index contributed by atoms with van der Waals surface area (Å²) >= 11 is 0. The van der Waals surface area contributed by atoms with Crippen LogP contribution in [0.15, 0.2) is 36.4 Å². The van der Waals surface area contributed by atoms with Gasteiger partial charge in [-0.25, -0.2) is 4.79 Å². The van der Waals surface area contributed by atoms with Crippen molar-refractivity contribution in [3.05, 3.63) is 64.2 Å². The Kier molecular flexibility index (Phi) is 6.19. The quantitative estimate of drug-likeness (QED) is 0.784. The first-order chi connectivity index (χ1) is 14.1. The number of rotatable bonds is 4. The molecule has 0 unspecified atom stereocenters. The number of nitrogens with zero attached hydrogens (tertiary/aromatic N) is 1. The first-order valence-electron chi connectivity index (χ1n) is 11.1. The molecule has 154 valence electrons. The summed E-state index contributed by atoms with van der Waals surface area (Å²) in [5, 5.41) is 2.84. The van der Waals surface area contributed by atoms with Gasteiger partial charge in [0, 0.05) is 18.3 Å². The largest absolute Gasteiger partial charge is 0.351 e. The maximum absolute atomic E-state index is 11.1. The molecule has 2 aromatic carbocycles. The van der Waals surface area contributed by atoms with Crippen molar-refractivity contribution in [1.82, 2.24) is 4.90 Å². The number of nitrogens with one attached hydrogen (secondary N) is 1. The van der Waals surface area contributed by atoms with Gasteiger partial charge in [-0.1, -0.05) is 42.8 Å². The van der Waals surface area contributed by atoms with Crippen LogP contribution >= 0.6 is 0 Å². The molecule has 1 fully saturated rings. The van der Waals surface area contributed by atoms with Gasteiger partial charge in [-0.2, -0.15) is 0 Å². The van der Waals surface area contributed by atoms with Gasteiger partial charge in [0.25, 0.3) is 0 Å². The van der Waals surface area contributed by atoms with E-state index in [1.807, 2.05) is 0 Å². The fourth-order valence-electron chi connectivity index (χ4n) is 4.92. The number of fused-ring (bicyclic) bond motifs is 2. The molecule has 3 aliphatic rings. The molecule has 3 aliphatic carbocycles. The summed E-state index contributed by atoms with van der Waals surface area (Å²) in [6.07, 6.45) is 11.1. The standard InChI is InChI=1S/C13H16N2O.C12H17N/c14-13(16)15-12-10-5-1-3-8(10)7-9-4-2-6-11(9)12;1-13(12-8-5-9-12)10-11-6-3-2-4-7-11/h7H,1-6H2,(H3,14,15,16);2-4,6-7,12H,5,8-10H2,1H3. The number of primary amides is 1. The Morgan fingerprint density at radius 3 is 2.14 bits per heavy atom. The average molecular weight is 392 g/mol. The zero-order chi connectivity index (χ0) is 20.2. The number of carbonyl (C=O) groups excluding carboxylic acids is 1. The first-order valence-corrected chi connectivity index (χ1v) is 11.1. The summed E-state index contributed by atoms with van der Waals surface area (Å²) < 4.78 is 0. The molecule has 2 amide bonds. The normalized spacial score (nSPS) is 17.2. The van der Waals surface area contributed by atoms with Gasteiger partial charge in [0.1, 0.15) is 0 Å². The van der Waals surface area contributed by atoms with E-state index >= 15 is 0 Å². The highest BCUT2D eigenvalue weighted by molar-refractivity contribution is 5.90. The number of anilines is 1. The number of hydrogen-bond acceptors (Lipinski definition) is 2. The molecule has 0 spiro atoms. The zero-order valence-electron chi connectivity index (χ0n) is 17.5. The van der Waals surface area contributed by atoms with Gasteiger partial charge in [-0.15, -0.1) is 0 Å². The van der Waals surface area contributed by atoms with Crippen molar-refractivity contribution < 1.29 is 4.79 Å². The number of amides is 2. The Balaban J connectivity index is 0.000000145. The van der Waals surface area contributed by atoms with Crippen molar-refractivity contribution in [2.24, 2.45) is 5.73 Å². The molecular formula is C25H33N3O. The number of nitrogens with two attached hydrogens (primary N) is 1. The van der Waals surface area contributed by atoms with Crippen LogP contribution in [0.2, 0.25) is 0 Å². The van der Waals surface area contributed by atoms with Crippen LogP contribution in [0.3, 0.4) is 0 Å². The van der Waals surface area contributed by atoms with Crippen molar-refractivity contribution >= 4 is 11.7 Å². The van der Waals surface area contributed by atoms with E-state index in [2.05, 4.69) is 53.7 Å². The van der Waals surface area contributed by atoms with E-state index in [-0.39, 0.29) is 0 Å². The Morgan fingerprint density at radius 2 is 1.62 bits per heavy atom. The summed E-state index contributed by atoms with van der Waals surface area (Å²) in [5.74, 6) is 0. The van der Waals surface area contributed by atoms with Crippen molar-refractivity contribution in [3.63, 3.8) is 0 Å². The number of benzene rings is 2. The highest BCUT2D eigenvalue weighted by atomic mass is 16.2. The third-order valence-electron chi connectivity index (χ3n) is 6.69. The number of carbonyl (C=O) groups is 1. The molecule has 0 aliphatic heterocycles. The van der Waals surface area contributed by atoms with Gasteiger partial charge in [0.2, 0.25) is 0 Å². The van der Waals surface area contributed by atoms with E-state index in [9.17, 15) is 4.79 Å². The second-order valence-electron chi connectivity index (χ2n) is 8.71. The summed E-state index contributed by atoms with van der Waals surface area (Å²) in [6, 6.07) is 13.5. The molecule has 0 aromatic heterocycles. The number of hydrogen-bond donors (Lipinski definition) is 2. The minimum absolute atomic E-state index is 0.436. The maximum Gasteiger partial charge on any atom is 0.316 e. The lowest BCUT2D eigenvalue weighted by atomic mass is 9.91. The van der Waals surface area contributed by atoms with Crippen LogP contribution in [0.4, 0.5) is 10.5 Å². The Bertz CT molecular complexity index is 826. The number of aryl methyl sites for hydroxylation is 2. The highest BCUT2D eigenvalue weighted by Crippen LogP contribution is 2.38. The van der Waals surface area contributed by atoms with Gasteiger partial charge < -0.3 is 11.1 Å². The lowest BCUT2D eigenvalue weighted by molar-refractivity contribution is 0.152. The fourth-order valence-corrected chi connectivity index (χ4v) is 4.92. The van der Waals surface area contributed by atoms with Crippen molar-refractivity contribution in [2.45, 2.75) is 70.4 Å². The Hall–Kier alpha value is -2.33. The molecule has 0 saturated heterocycles. The molecule has 0 heterocycles. The molecule has 5 rings (SSSR count). The van der Waals surface area contributed by atoms with Gasteiger partial charge in [-0.05, 0) is 86.2 Å². The minimum atomic E-state index is -0.436. The van der Waals surface area contributed by atoms with Gasteiger partial charge >= 0.3 is 6.03 Å². The van der Waals surface area contributed by atoms with E-state index in [4.69, 9.17) is 5.73 Å². The van der Waals surface area contributed by atoms with Crippen LogP contribution in [-0.4, -0.2) is 24.0 Å². The van der Waals surface area contributed by atoms with Crippen LogP contribution in [0, 0.1) is 0 Å². The van der Waals surface area contributed by atoms with Crippen molar-refractivity contribution in [1.29, 1.82) is 0 Å². The van der Waals surface area contributed by atoms with Crippen LogP contribution in [0.25, 0.3) is 0 Å². The topological polar surface area (TPSA) is 58.4 Å². The van der Waals surface area contributed by atoms with Crippen molar-refractivity contribution in [3.8, 4) is 0 Å². The molecule has 3 N–H and O–H groups in total. The molecule has 4 heteroatoms. The summed E-state index contributed by atoms with van der Waals surface area (Å²) in [4.78, 5) is 13.6. The molecule has 0 radical (unpaired) electrons. The Labute approximate surface area is 174 Å². The molecule has 29 heavy (non-hydrogen) atoms. The van der Waals surface area contributed by atoms with Gasteiger partial charge in [0.15, 0.2) is 0 Å². The van der Waals surface area contributed by atoms with Crippen LogP contribution in [0.1, 0.15) is 59.9 Å². The van der Waals surface area contributed by atoms with E-state index in [0.717, 1.165) is 44.0 Å². The van der Waals surface area contributed by atoms with Gasteiger partial charge in [-0.3, -0.25) is 4.90 Å². The Morgan fingerprint density at radius 1 is 1.00 bits per heavy atom.